The van der Waals surface area contributed by atoms with E-state index in [0.29, 0.717) is 0 Å². The van der Waals surface area contributed by atoms with Crippen LogP contribution in [0.25, 0.3) is 0 Å². The van der Waals surface area contributed by atoms with Crippen LogP contribution in [0, 0.1) is 41.5 Å². The fraction of sp³-hybridized carbons (Fsp3) is 0.240. The van der Waals surface area contributed by atoms with Crippen LogP contribution >= 0.6 is 0 Å². The number of benzene rings is 2. The monoisotopic (exact) mass is 428 g/mol. The van der Waals surface area contributed by atoms with Crippen molar-refractivity contribution < 1.29 is 16.8 Å². The summed E-state index contributed by atoms with van der Waals surface area (Å²) in [7, 11) is 0. The van der Waals surface area contributed by atoms with Crippen LogP contribution in [0.1, 0.15) is 44.8 Å². The summed E-state index contributed by atoms with van der Waals surface area (Å²) < 4.78 is 0. The number of nitrogens with zero attached hydrogens (tertiary/aromatic N) is 3. The predicted molar refractivity (Wildman–Crippen MR) is 120 cm³/mol. The molecule has 0 unspecified atom stereocenters. The molecule has 0 aliphatic carbocycles. The average molecular weight is 428 g/mol. The van der Waals surface area contributed by atoms with Crippen molar-refractivity contribution in [3.8, 4) is 0 Å². The van der Waals surface area contributed by atoms with Crippen LogP contribution in [0.3, 0.4) is 0 Å². The summed E-state index contributed by atoms with van der Waals surface area (Å²) >= 11 is 0. The second kappa shape index (κ2) is 9.77. The Bertz CT molecular complexity index is 952. The van der Waals surface area contributed by atoms with Crippen LogP contribution in [-0.2, 0) is 16.8 Å². The Labute approximate surface area is 184 Å². The first-order valence-corrected chi connectivity index (χ1v) is 9.54. The van der Waals surface area contributed by atoms with E-state index in [4.69, 9.17) is 0 Å². The van der Waals surface area contributed by atoms with E-state index in [1.807, 2.05) is 30.6 Å². The van der Waals surface area contributed by atoms with Crippen molar-refractivity contribution in [2.45, 2.75) is 41.5 Å². The van der Waals surface area contributed by atoms with E-state index in [1.165, 1.54) is 33.4 Å². The predicted octanol–water partition coefficient (Wildman–Crippen LogP) is 6.43. The number of pyridine rings is 1. The summed E-state index contributed by atoms with van der Waals surface area (Å²) in [6, 6.07) is 14.5. The van der Waals surface area contributed by atoms with E-state index in [0.717, 1.165) is 22.8 Å². The molecule has 0 aliphatic heterocycles. The largest absolute Gasteiger partial charge is 0.254 e. The molecule has 0 saturated carbocycles. The summed E-state index contributed by atoms with van der Waals surface area (Å²) in [4.78, 5) is 14.0. The third kappa shape index (κ3) is 5.72. The summed E-state index contributed by atoms with van der Waals surface area (Å²) in [6.45, 7) is 12.6. The molecule has 1 heterocycles. The van der Waals surface area contributed by atoms with Crippen molar-refractivity contribution >= 4 is 23.8 Å². The van der Waals surface area contributed by atoms with Gasteiger partial charge < -0.3 is 0 Å². The molecule has 1 aromatic heterocycles. The maximum absolute atomic E-state index is 4.68. The SMILES string of the molecule is Cc1cc(C)c(N=Cc2cccc(C=Nc3c(C)cc(C)cc3C)n2)c(C)c1.[Co]. The van der Waals surface area contributed by atoms with Gasteiger partial charge in [0.15, 0.2) is 0 Å². The summed E-state index contributed by atoms with van der Waals surface area (Å²) in [5.41, 5.74) is 10.9. The Balaban J connectivity index is 0.00000300. The van der Waals surface area contributed by atoms with E-state index in [9.17, 15) is 0 Å². The van der Waals surface area contributed by atoms with Crippen LogP contribution in [0.15, 0.2) is 52.4 Å². The Hall–Kier alpha value is -2.56. The molecule has 0 fully saturated rings. The van der Waals surface area contributed by atoms with E-state index < -0.39 is 0 Å². The smallest absolute Gasteiger partial charge is 0.0820 e. The fourth-order valence-corrected chi connectivity index (χ4v) is 3.63. The van der Waals surface area contributed by atoms with Gasteiger partial charge in [0.25, 0.3) is 0 Å². The Morgan fingerprint density at radius 3 is 1.31 bits per heavy atom. The first-order chi connectivity index (χ1) is 13.3. The van der Waals surface area contributed by atoms with Gasteiger partial charge in [-0.3, -0.25) is 9.98 Å². The van der Waals surface area contributed by atoms with Gasteiger partial charge in [-0.1, -0.05) is 41.5 Å². The zero-order chi connectivity index (χ0) is 20.3. The van der Waals surface area contributed by atoms with Crippen molar-refractivity contribution in [2.75, 3.05) is 0 Å². The van der Waals surface area contributed by atoms with Gasteiger partial charge in [-0.2, -0.15) is 0 Å². The molecule has 151 valence electrons. The second-order valence-electron chi connectivity index (χ2n) is 7.50. The number of hydrogen-bond acceptors (Lipinski definition) is 3. The van der Waals surface area contributed by atoms with Gasteiger partial charge in [0, 0.05) is 16.8 Å². The number of aryl methyl sites for hydroxylation is 6. The minimum Gasteiger partial charge on any atom is -0.254 e. The molecule has 0 saturated heterocycles. The van der Waals surface area contributed by atoms with Crippen molar-refractivity contribution in [1.29, 1.82) is 0 Å². The molecule has 0 atom stereocenters. The molecule has 0 N–H and O–H groups in total. The van der Waals surface area contributed by atoms with Gasteiger partial charge in [-0.15, -0.1) is 0 Å². The number of aliphatic imine (C=N–C) groups is 2. The van der Waals surface area contributed by atoms with E-state index >= 15 is 0 Å². The molecule has 29 heavy (non-hydrogen) atoms. The standard InChI is InChI=1S/C25H27N3.Co/c1-16-10-18(3)24(19(4)11-16)26-14-22-8-7-9-23(28-22)15-27-25-20(5)12-17(2)13-21(25)6;/h7-15H,1-6H3;. The van der Waals surface area contributed by atoms with Crippen LogP contribution in [0.5, 0.6) is 0 Å². The molecule has 0 amide bonds. The van der Waals surface area contributed by atoms with Gasteiger partial charge in [-0.25, -0.2) is 4.98 Å². The molecular weight excluding hydrogens is 401 g/mol. The van der Waals surface area contributed by atoms with E-state index in [-0.39, 0.29) is 16.8 Å². The van der Waals surface area contributed by atoms with E-state index in [1.54, 1.807) is 0 Å². The van der Waals surface area contributed by atoms with Gasteiger partial charge in [0.1, 0.15) is 0 Å². The summed E-state index contributed by atoms with van der Waals surface area (Å²) in [6.07, 6.45) is 3.65. The molecule has 1 radical (unpaired) electrons. The van der Waals surface area contributed by atoms with Crippen molar-refractivity contribution in [2.24, 2.45) is 9.98 Å². The Morgan fingerprint density at radius 1 is 0.621 bits per heavy atom. The van der Waals surface area contributed by atoms with Gasteiger partial charge in [0.2, 0.25) is 0 Å². The van der Waals surface area contributed by atoms with Crippen molar-refractivity contribution in [1.82, 2.24) is 4.98 Å². The number of hydrogen-bond donors (Lipinski definition) is 0. The topological polar surface area (TPSA) is 37.6 Å². The fourth-order valence-electron chi connectivity index (χ4n) is 3.63. The van der Waals surface area contributed by atoms with Crippen LogP contribution < -0.4 is 0 Å². The maximum atomic E-state index is 4.68. The molecule has 3 aromatic rings. The maximum Gasteiger partial charge on any atom is 0.0820 e. The third-order valence-corrected chi connectivity index (χ3v) is 4.71. The Kier molecular flexibility index (Phi) is 7.65. The minimum atomic E-state index is 0. The van der Waals surface area contributed by atoms with Crippen LogP contribution in [0.2, 0.25) is 0 Å². The number of rotatable bonds is 4. The zero-order valence-electron chi connectivity index (χ0n) is 17.9. The van der Waals surface area contributed by atoms with Crippen LogP contribution in [-0.4, -0.2) is 17.4 Å². The van der Waals surface area contributed by atoms with Crippen molar-refractivity contribution in [3.63, 3.8) is 0 Å². The molecular formula is C25H27CoN3. The molecule has 0 bridgehead atoms. The van der Waals surface area contributed by atoms with Gasteiger partial charge in [0.05, 0.1) is 35.2 Å². The van der Waals surface area contributed by atoms with Crippen molar-refractivity contribution in [3.05, 3.63) is 87.2 Å². The van der Waals surface area contributed by atoms with Gasteiger partial charge in [-0.05, 0) is 75.9 Å². The summed E-state index contributed by atoms with van der Waals surface area (Å²) in [5, 5.41) is 0. The molecule has 0 spiro atoms. The third-order valence-electron chi connectivity index (χ3n) is 4.71. The average Bonchev–Trinajstić information content (AvgIpc) is 2.60. The van der Waals surface area contributed by atoms with E-state index in [2.05, 4.69) is 80.8 Å². The normalized spacial score (nSPS) is 11.2. The van der Waals surface area contributed by atoms with Gasteiger partial charge >= 0.3 is 0 Å². The quantitative estimate of drug-likeness (QED) is 0.441. The molecule has 4 heteroatoms. The minimum absolute atomic E-state index is 0. The zero-order valence-corrected chi connectivity index (χ0v) is 18.9. The molecule has 2 aromatic carbocycles. The van der Waals surface area contributed by atoms with Crippen LogP contribution in [0.4, 0.5) is 11.4 Å². The first kappa shape index (κ1) is 22.7. The number of aromatic nitrogens is 1. The first-order valence-electron chi connectivity index (χ1n) is 9.54. The molecule has 3 rings (SSSR count). The Morgan fingerprint density at radius 2 is 0.966 bits per heavy atom. The molecule has 3 nitrogen and oxygen atoms in total. The summed E-state index contributed by atoms with van der Waals surface area (Å²) in [5.74, 6) is 0. The molecule has 0 aliphatic rings. The second-order valence-corrected chi connectivity index (χ2v) is 7.50.